The highest BCUT2D eigenvalue weighted by atomic mass is 16.6. The Labute approximate surface area is 250 Å². The molecule has 0 spiro atoms. The van der Waals surface area contributed by atoms with Crippen molar-refractivity contribution in [3.05, 3.63) is 81.1 Å². The molecule has 0 aliphatic rings. The van der Waals surface area contributed by atoms with E-state index in [4.69, 9.17) is 17.6 Å². The molecule has 0 bridgehead atoms. The van der Waals surface area contributed by atoms with E-state index >= 15 is 0 Å². The molecule has 5 aromatic rings. The highest BCUT2D eigenvalue weighted by molar-refractivity contribution is 6.05. The van der Waals surface area contributed by atoms with Crippen LogP contribution in [0.15, 0.2) is 70.3 Å². The van der Waals surface area contributed by atoms with Gasteiger partial charge in [0, 0.05) is 21.5 Å². The van der Waals surface area contributed by atoms with Crippen LogP contribution in [0.5, 0.6) is 0 Å². The van der Waals surface area contributed by atoms with Gasteiger partial charge >= 0.3 is 5.97 Å². The van der Waals surface area contributed by atoms with Crippen molar-refractivity contribution >= 4 is 55.4 Å². The van der Waals surface area contributed by atoms with Gasteiger partial charge in [0.25, 0.3) is 0 Å². The van der Waals surface area contributed by atoms with Crippen molar-refractivity contribution in [1.82, 2.24) is 9.13 Å². The number of esters is 1. The third-order valence-corrected chi connectivity index (χ3v) is 7.43. The van der Waals surface area contributed by atoms with Crippen molar-refractivity contribution in [2.24, 2.45) is 5.41 Å². The largest absolute Gasteiger partial charge is 0.445 e. The van der Waals surface area contributed by atoms with Gasteiger partial charge in [0.05, 0.1) is 34.0 Å². The number of hydrogen-bond acceptors (Lipinski definition) is 5. The molecule has 0 aliphatic carbocycles. The molecule has 0 radical (unpaired) electrons. The Bertz CT molecular complexity index is 2130. The van der Waals surface area contributed by atoms with E-state index in [-0.39, 0.29) is 35.1 Å². The third kappa shape index (κ3) is 5.55. The van der Waals surface area contributed by atoms with E-state index in [0.29, 0.717) is 38.2 Å². The number of ether oxygens (including phenoxy) is 1. The minimum absolute atomic E-state index is 0.102. The molecule has 218 valence electrons. The molecule has 43 heavy (non-hydrogen) atoms. The fraction of sp³-hybridized carbons (Fsp3) is 0.278. The maximum Gasteiger partial charge on any atom is 0.327 e. The maximum atomic E-state index is 13.8. The van der Waals surface area contributed by atoms with Crippen LogP contribution in [0.4, 0.5) is 0 Å². The van der Waals surface area contributed by atoms with E-state index in [1.165, 1.54) is 0 Å². The van der Waals surface area contributed by atoms with Gasteiger partial charge in [0.1, 0.15) is 6.54 Å². The van der Waals surface area contributed by atoms with Gasteiger partial charge in [-0.1, -0.05) is 50.0 Å². The van der Waals surface area contributed by atoms with Crippen molar-refractivity contribution in [2.45, 2.75) is 60.2 Å². The number of benzene rings is 3. The van der Waals surface area contributed by atoms with Crippen LogP contribution in [0, 0.1) is 30.1 Å². The van der Waals surface area contributed by atoms with Crippen molar-refractivity contribution in [1.29, 1.82) is 0 Å². The van der Waals surface area contributed by atoms with Crippen LogP contribution in [-0.2, 0) is 27.4 Å². The summed E-state index contributed by atoms with van der Waals surface area (Å²) < 4.78 is 8.89. The minimum Gasteiger partial charge on any atom is -0.445 e. The molecule has 0 atom stereocenters. The number of nitrogens with zero attached hydrogens (tertiary/aromatic N) is 2. The Kier molecular flexibility index (Phi) is 8.33. The van der Waals surface area contributed by atoms with Crippen molar-refractivity contribution in [2.75, 3.05) is 0 Å². The highest BCUT2D eigenvalue weighted by Crippen LogP contribution is 2.28. The zero-order valence-corrected chi connectivity index (χ0v) is 25.3. The lowest BCUT2D eigenvalue weighted by molar-refractivity contribution is -0.152. The van der Waals surface area contributed by atoms with Gasteiger partial charge in [-0.25, -0.2) is 0 Å². The summed E-state index contributed by atoms with van der Waals surface area (Å²) in [7, 11) is 0. The SMILES string of the molecule is C#CC(C)(C)OC(=O)Cn1c2ccccc2c(=O)c2cc3c(cc21)c(=O)c1ccccc1n3CC(=O)C(C)(C)C#C.CC. The zero-order chi connectivity index (χ0) is 31.7. The summed E-state index contributed by atoms with van der Waals surface area (Å²) in [6.07, 6.45) is 11.1. The Hall–Kier alpha value is -5.14. The lowest BCUT2D eigenvalue weighted by Crippen LogP contribution is -2.29. The number of hydrogen-bond donors (Lipinski definition) is 0. The standard InChI is InChI=1S/C34H28N2O5.C2H6/c1-7-33(3,4)29(37)19-35-25-15-11-9-13-21(25)31(39)23-18-28-24(17-27(23)35)32(40)22-14-10-12-16-26(22)36(28)20-30(38)41-34(5,6)8-2;1-2/h1-2,9-18H,19-20H2,3-6H3;1-2H3. The second-order valence-electron chi connectivity index (χ2n) is 11.1. The Morgan fingerprint density at radius 2 is 1.14 bits per heavy atom. The van der Waals surface area contributed by atoms with Gasteiger partial charge < -0.3 is 13.9 Å². The Morgan fingerprint density at radius 3 is 1.58 bits per heavy atom. The van der Waals surface area contributed by atoms with Crippen LogP contribution < -0.4 is 10.9 Å². The summed E-state index contributed by atoms with van der Waals surface area (Å²) in [5.41, 5.74) is -0.848. The smallest absolute Gasteiger partial charge is 0.327 e. The monoisotopic (exact) mass is 574 g/mol. The van der Waals surface area contributed by atoms with Crippen LogP contribution in [0.1, 0.15) is 41.5 Å². The number of para-hydroxylation sites is 2. The predicted octanol–water partition coefficient (Wildman–Crippen LogP) is 5.83. The number of pyridine rings is 2. The first-order chi connectivity index (χ1) is 20.4. The molecule has 0 fully saturated rings. The molecule has 0 N–H and O–H groups in total. The van der Waals surface area contributed by atoms with Gasteiger partial charge in [0.2, 0.25) is 0 Å². The molecule has 0 saturated carbocycles. The number of terminal acetylenes is 2. The van der Waals surface area contributed by atoms with Crippen LogP contribution in [0.3, 0.4) is 0 Å². The topological polar surface area (TPSA) is 87.4 Å². The molecule has 0 aliphatic heterocycles. The molecule has 2 heterocycles. The van der Waals surface area contributed by atoms with E-state index in [0.717, 1.165) is 0 Å². The van der Waals surface area contributed by atoms with E-state index < -0.39 is 17.0 Å². The molecule has 7 nitrogen and oxygen atoms in total. The first kappa shape index (κ1) is 30.8. The fourth-order valence-electron chi connectivity index (χ4n) is 4.98. The number of ketones is 1. The van der Waals surface area contributed by atoms with E-state index in [1.54, 1.807) is 97.5 Å². The van der Waals surface area contributed by atoms with Crippen molar-refractivity contribution in [3.63, 3.8) is 0 Å². The number of Topliss-reactive ketones (excluding diaryl/α,β-unsaturated/α-hetero) is 1. The van der Waals surface area contributed by atoms with Crippen LogP contribution in [0.25, 0.3) is 43.6 Å². The molecule has 0 amide bonds. The summed E-state index contributed by atoms with van der Waals surface area (Å²) in [4.78, 5) is 53.9. The lowest BCUT2D eigenvalue weighted by Gasteiger charge is -2.22. The Balaban J connectivity index is 0.00000207. The zero-order valence-electron chi connectivity index (χ0n) is 25.3. The highest BCUT2D eigenvalue weighted by Gasteiger charge is 2.27. The lowest BCUT2D eigenvalue weighted by atomic mass is 9.89. The van der Waals surface area contributed by atoms with E-state index in [1.807, 2.05) is 13.8 Å². The van der Waals surface area contributed by atoms with Crippen LogP contribution >= 0.6 is 0 Å². The molecular weight excluding hydrogens is 540 g/mol. The molecule has 2 aromatic heterocycles. The van der Waals surface area contributed by atoms with Crippen molar-refractivity contribution in [3.8, 4) is 24.7 Å². The molecule has 0 unspecified atom stereocenters. The summed E-state index contributed by atoms with van der Waals surface area (Å²) in [6.45, 7) is 10.2. The molecular formula is C36H34N2O5. The second kappa shape index (κ2) is 11.6. The summed E-state index contributed by atoms with van der Waals surface area (Å²) in [6, 6.07) is 17.1. The number of aromatic nitrogens is 2. The number of carbonyl (C=O) groups excluding carboxylic acids is 2. The third-order valence-electron chi connectivity index (χ3n) is 7.43. The van der Waals surface area contributed by atoms with Crippen molar-refractivity contribution < 1.29 is 14.3 Å². The second-order valence-corrected chi connectivity index (χ2v) is 11.1. The summed E-state index contributed by atoms with van der Waals surface area (Å²) in [5.74, 6) is 4.17. The first-order valence-electron chi connectivity index (χ1n) is 14.1. The van der Waals surface area contributed by atoms with E-state index in [9.17, 15) is 19.2 Å². The summed E-state index contributed by atoms with van der Waals surface area (Å²) in [5, 5.41) is 1.38. The first-order valence-corrected chi connectivity index (χ1v) is 14.1. The average Bonchev–Trinajstić information content (AvgIpc) is 3.01. The van der Waals surface area contributed by atoms with E-state index in [2.05, 4.69) is 11.8 Å². The van der Waals surface area contributed by atoms with Crippen LogP contribution in [-0.4, -0.2) is 26.5 Å². The van der Waals surface area contributed by atoms with Gasteiger partial charge in [-0.2, -0.15) is 0 Å². The predicted molar refractivity (Wildman–Crippen MR) is 173 cm³/mol. The van der Waals surface area contributed by atoms with Gasteiger partial charge in [-0.05, 0) is 64.1 Å². The summed E-state index contributed by atoms with van der Waals surface area (Å²) >= 11 is 0. The molecule has 7 heteroatoms. The minimum atomic E-state index is -1.13. The van der Waals surface area contributed by atoms with Gasteiger partial charge in [0.15, 0.2) is 22.2 Å². The number of fused-ring (bicyclic) bond motifs is 4. The normalized spacial score (nSPS) is 11.5. The fourth-order valence-corrected chi connectivity index (χ4v) is 4.98. The van der Waals surface area contributed by atoms with Crippen LogP contribution in [0.2, 0.25) is 0 Å². The molecule has 3 aromatic carbocycles. The van der Waals surface area contributed by atoms with Gasteiger partial charge in [-0.3, -0.25) is 19.2 Å². The molecule has 0 saturated heterocycles. The Morgan fingerprint density at radius 1 is 0.698 bits per heavy atom. The average molecular weight is 575 g/mol. The quantitative estimate of drug-likeness (QED) is 0.145. The number of rotatable bonds is 6. The molecule has 5 rings (SSSR count). The van der Waals surface area contributed by atoms with Gasteiger partial charge in [-0.15, -0.1) is 12.8 Å². The maximum absolute atomic E-state index is 13.8. The number of carbonyl (C=O) groups is 2.